The van der Waals surface area contributed by atoms with Crippen LogP contribution in [0.4, 0.5) is 5.69 Å². The van der Waals surface area contributed by atoms with E-state index < -0.39 is 0 Å². The van der Waals surface area contributed by atoms with Crippen LogP contribution in [0.25, 0.3) is 5.69 Å². The van der Waals surface area contributed by atoms with E-state index in [0.717, 1.165) is 22.6 Å². The van der Waals surface area contributed by atoms with Crippen molar-refractivity contribution in [3.05, 3.63) is 81.5 Å². The zero-order chi connectivity index (χ0) is 25.1. The summed E-state index contributed by atoms with van der Waals surface area (Å²) in [5, 5.41) is 11.7. The lowest BCUT2D eigenvalue weighted by molar-refractivity contribution is -0.113. The number of thioether (sulfide) groups is 1. The predicted octanol–water partition coefficient (Wildman–Crippen LogP) is 3.54. The molecule has 0 aliphatic carbocycles. The fourth-order valence-electron chi connectivity index (χ4n) is 3.64. The lowest BCUT2D eigenvalue weighted by Gasteiger charge is -2.10. The molecule has 0 aliphatic heterocycles. The summed E-state index contributed by atoms with van der Waals surface area (Å²) in [6, 6.07) is 15.2. The van der Waals surface area contributed by atoms with Crippen molar-refractivity contribution in [3.63, 3.8) is 0 Å². The first-order chi connectivity index (χ1) is 16.8. The zero-order valence-corrected chi connectivity index (χ0v) is 21.2. The van der Waals surface area contributed by atoms with Gasteiger partial charge in [-0.2, -0.15) is 0 Å². The fraction of sp³-hybridized carbons (Fsp3) is 0.280. The normalized spacial score (nSPS) is 11.0. The number of hydrogen-bond donors (Lipinski definition) is 1. The highest BCUT2D eigenvalue weighted by atomic mass is 32.2. The maximum absolute atomic E-state index is 13.0. The maximum Gasteiger partial charge on any atom is 0.295 e. The Morgan fingerprint density at radius 1 is 1.03 bits per heavy atom. The molecule has 2 aromatic heterocycles. The first kappa shape index (κ1) is 24.3. The Hall–Kier alpha value is -3.79. The van der Waals surface area contributed by atoms with Gasteiger partial charge < -0.3 is 14.6 Å². The van der Waals surface area contributed by atoms with Gasteiger partial charge >= 0.3 is 0 Å². The molecular formula is C25H28N6O3S. The number of carbonyl (C=O) groups is 1. The molecule has 10 heteroatoms. The van der Waals surface area contributed by atoms with Crippen molar-refractivity contribution in [2.75, 3.05) is 11.1 Å². The van der Waals surface area contributed by atoms with E-state index in [-0.39, 0.29) is 29.5 Å². The minimum absolute atomic E-state index is 0.0862. The van der Waals surface area contributed by atoms with Gasteiger partial charge in [-0.25, -0.2) is 4.68 Å². The predicted molar refractivity (Wildman–Crippen MR) is 136 cm³/mol. The average molecular weight is 493 g/mol. The van der Waals surface area contributed by atoms with Crippen molar-refractivity contribution in [1.29, 1.82) is 0 Å². The number of ether oxygens (including phenoxy) is 1. The molecule has 1 amide bonds. The van der Waals surface area contributed by atoms with Crippen LogP contribution in [0.1, 0.15) is 22.6 Å². The number of benzene rings is 2. The summed E-state index contributed by atoms with van der Waals surface area (Å²) in [5.41, 5.74) is 3.63. The van der Waals surface area contributed by atoms with E-state index in [1.807, 2.05) is 69.4 Å². The van der Waals surface area contributed by atoms with Crippen LogP contribution in [-0.2, 0) is 25.5 Å². The van der Waals surface area contributed by atoms with Crippen LogP contribution in [0.2, 0.25) is 0 Å². The zero-order valence-electron chi connectivity index (χ0n) is 20.4. The summed E-state index contributed by atoms with van der Waals surface area (Å²) in [5.74, 6) is 1.25. The lowest BCUT2D eigenvalue weighted by atomic mass is 10.1. The number of nitrogens with one attached hydrogen (secondary N) is 1. The van der Waals surface area contributed by atoms with E-state index in [1.165, 1.54) is 16.4 Å². The monoisotopic (exact) mass is 492 g/mol. The number of nitrogens with zero attached hydrogens (tertiary/aromatic N) is 5. The molecule has 0 radical (unpaired) electrons. The highest BCUT2D eigenvalue weighted by molar-refractivity contribution is 7.99. The van der Waals surface area contributed by atoms with Crippen LogP contribution < -0.4 is 15.6 Å². The highest BCUT2D eigenvalue weighted by Gasteiger charge is 2.19. The molecule has 0 spiro atoms. The summed E-state index contributed by atoms with van der Waals surface area (Å²) in [7, 11) is 3.62. The van der Waals surface area contributed by atoms with E-state index in [2.05, 4.69) is 15.5 Å². The number of aromatic nitrogens is 5. The summed E-state index contributed by atoms with van der Waals surface area (Å²) >= 11 is 1.25. The van der Waals surface area contributed by atoms with Gasteiger partial charge in [-0.05, 0) is 50.1 Å². The van der Waals surface area contributed by atoms with Gasteiger partial charge in [0.25, 0.3) is 5.56 Å². The second-order valence-corrected chi connectivity index (χ2v) is 9.16. The quantitative estimate of drug-likeness (QED) is 0.378. The van der Waals surface area contributed by atoms with Crippen molar-refractivity contribution in [3.8, 4) is 11.4 Å². The lowest BCUT2D eigenvalue weighted by Crippen LogP contribution is -2.23. The first-order valence-electron chi connectivity index (χ1n) is 11.1. The second kappa shape index (κ2) is 10.2. The van der Waals surface area contributed by atoms with Crippen molar-refractivity contribution in [2.45, 2.75) is 32.5 Å². The highest BCUT2D eigenvalue weighted by Crippen LogP contribution is 2.22. The number of carbonyl (C=O) groups excluding carboxylic acids is 1. The van der Waals surface area contributed by atoms with Gasteiger partial charge in [-0.15, -0.1) is 10.2 Å². The first-order valence-corrected chi connectivity index (χ1v) is 12.1. The summed E-state index contributed by atoms with van der Waals surface area (Å²) < 4.78 is 11.0. The van der Waals surface area contributed by atoms with Gasteiger partial charge in [-0.1, -0.05) is 42.1 Å². The average Bonchev–Trinajstić information content (AvgIpc) is 3.30. The Morgan fingerprint density at radius 3 is 2.51 bits per heavy atom. The van der Waals surface area contributed by atoms with Gasteiger partial charge in [0.05, 0.1) is 17.1 Å². The number of amides is 1. The summed E-state index contributed by atoms with van der Waals surface area (Å²) in [6.07, 6.45) is 0. The molecule has 0 fully saturated rings. The van der Waals surface area contributed by atoms with E-state index in [4.69, 9.17) is 4.74 Å². The number of hydrogen-bond acceptors (Lipinski definition) is 6. The number of para-hydroxylation sites is 1. The molecule has 1 N–H and O–H groups in total. The van der Waals surface area contributed by atoms with E-state index in [0.29, 0.717) is 16.7 Å². The Bertz CT molecular complexity index is 1420. The molecule has 0 unspecified atom stereocenters. The Balaban J connectivity index is 1.40. The molecule has 0 bridgehead atoms. The molecule has 0 saturated carbocycles. The van der Waals surface area contributed by atoms with Gasteiger partial charge in [0.15, 0.2) is 11.0 Å². The number of aryl methyl sites for hydroxylation is 1. The van der Waals surface area contributed by atoms with Crippen LogP contribution >= 0.6 is 11.8 Å². The molecule has 9 nitrogen and oxygen atoms in total. The van der Waals surface area contributed by atoms with E-state index in [1.54, 1.807) is 23.2 Å². The van der Waals surface area contributed by atoms with Gasteiger partial charge in [-0.3, -0.25) is 14.3 Å². The van der Waals surface area contributed by atoms with Crippen molar-refractivity contribution in [2.24, 2.45) is 14.1 Å². The van der Waals surface area contributed by atoms with Gasteiger partial charge in [0, 0.05) is 14.1 Å². The Kier molecular flexibility index (Phi) is 7.11. The van der Waals surface area contributed by atoms with Crippen LogP contribution in [0, 0.1) is 20.8 Å². The Labute approximate surface area is 207 Å². The smallest absolute Gasteiger partial charge is 0.295 e. The van der Waals surface area contributed by atoms with Crippen LogP contribution in [0.3, 0.4) is 0 Å². The molecule has 4 rings (SSSR count). The minimum atomic E-state index is -0.294. The molecule has 0 saturated heterocycles. The third-order valence-corrected chi connectivity index (χ3v) is 7.01. The van der Waals surface area contributed by atoms with Crippen LogP contribution in [0.15, 0.2) is 58.5 Å². The standard InChI is InChI=1S/C25H28N6O3S/c1-16-10-9-13-20(17(16)2)34-14-21-27-28-25(29(21)4)35-15-22(32)26-23-18(3)30(5)31(24(23)33)19-11-7-6-8-12-19/h6-13H,14-15H2,1-5H3,(H,26,32). The van der Waals surface area contributed by atoms with Crippen LogP contribution in [-0.4, -0.2) is 35.8 Å². The van der Waals surface area contributed by atoms with Crippen LogP contribution in [0.5, 0.6) is 5.75 Å². The third-order valence-electron chi connectivity index (χ3n) is 5.99. The van der Waals surface area contributed by atoms with Gasteiger partial charge in [0.1, 0.15) is 18.0 Å². The summed E-state index contributed by atoms with van der Waals surface area (Å²) in [4.78, 5) is 25.7. The Morgan fingerprint density at radius 2 is 1.77 bits per heavy atom. The largest absolute Gasteiger partial charge is 0.485 e. The molecular weight excluding hydrogens is 464 g/mol. The van der Waals surface area contributed by atoms with Crippen molar-refractivity contribution >= 4 is 23.4 Å². The van der Waals surface area contributed by atoms with Gasteiger partial charge in [0.2, 0.25) is 5.91 Å². The van der Waals surface area contributed by atoms with E-state index in [9.17, 15) is 9.59 Å². The molecule has 0 aliphatic rings. The van der Waals surface area contributed by atoms with Crippen molar-refractivity contribution in [1.82, 2.24) is 24.1 Å². The molecule has 4 aromatic rings. The molecule has 2 aromatic carbocycles. The van der Waals surface area contributed by atoms with Crippen molar-refractivity contribution < 1.29 is 9.53 Å². The molecule has 0 atom stereocenters. The third kappa shape index (κ3) is 5.02. The number of anilines is 1. The second-order valence-electron chi connectivity index (χ2n) is 8.22. The minimum Gasteiger partial charge on any atom is -0.485 e. The molecule has 35 heavy (non-hydrogen) atoms. The fourth-order valence-corrected chi connectivity index (χ4v) is 4.37. The number of rotatable bonds is 8. The molecule has 182 valence electrons. The summed E-state index contributed by atoms with van der Waals surface area (Å²) in [6.45, 7) is 6.12. The SMILES string of the molecule is Cc1cccc(OCc2nnc(SCC(=O)Nc3c(C)n(C)n(-c4ccccc4)c3=O)n2C)c1C. The molecule has 2 heterocycles. The maximum atomic E-state index is 13.0. The topological polar surface area (TPSA) is 96.0 Å². The van der Waals surface area contributed by atoms with E-state index >= 15 is 0 Å².